The van der Waals surface area contributed by atoms with E-state index in [2.05, 4.69) is 15.8 Å². The molecule has 0 saturated heterocycles. The average Bonchev–Trinajstić information content (AvgIpc) is 2.83. The Labute approximate surface area is 221 Å². The summed E-state index contributed by atoms with van der Waals surface area (Å²) >= 11 is 5.90. The van der Waals surface area contributed by atoms with Crippen molar-refractivity contribution >= 4 is 51.0 Å². The van der Waals surface area contributed by atoms with E-state index in [-0.39, 0.29) is 12.5 Å². The predicted molar refractivity (Wildman–Crippen MR) is 146 cm³/mol. The van der Waals surface area contributed by atoms with Crippen molar-refractivity contribution in [1.29, 1.82) is 0 Å². The number of sulfonamides is 1. The Bertz CT molecular complexity index is 1410. The third kappa shape index (κ3) is 8.62. The van der Waals surface area contributed by atoms with Crippen molar-refractivity contribution < 1.29 is 22.7 Å². The van der Waals surface area contributed by atoms with E-state index in [9.17, 15) is 18.0 Å². The van der Waals surface area contributed by atoms with Crippen molar-refractivity contribution in [2.24, 2.45) is 5.10 Å². The normalized spacial score (nSPS) is 11.2. The number of anilines is 2. The van der Waals surface area contributed by atoms with Gasteiger partial charge in [0.1, 0.15) is 12.3 Å². The molecule has 2 N–H and O–H groups in total. The van der Waals surface area contributed by atoms with Crippen LogP contribution in [0.2, 0.25) is 5.02 Å². The number of rotatable bonds is 10. The van der Waals surface area contributed by atoms with Crippen molar-refractivity contribution in [2.45, 2.75) is 13.8 Å². The maximum Gasteiger partial charge on any atom is 0.262 e. The number of nitrogens with one attached hydrogen (secondary N) is 2. The van der Waals surface area contributed by atoms with Crippen LogP contribution in [0.4, 0.5) is 11.4 Å². The molecule has 0 bridgehead atoms. The third-order valence-electron chi connectivity index (χ3n) is 5.23. The van der Waals surface area contributed by atoms with Gasteiger partial charge >= 0.3 is 0 Å². The Kier molecular flexibility index (Phi) is 9.26. The zero-order valence-corrected chi connectivity index (χ0v) is 22.1. The molecule has 0 fully saturated rings. The number of aryl methyl sites for hydroxylation is 2. The van der Waals surface area contributed by atoms with Gasteiger partial charge in [0.2, 0.25) is 10.0 Å². The van der Waals surface area contributed by atoms with E-state index in [1.165, 1.54) is 6.21 Å². The lowest BCUT2D eigenvalue weighted by Crippen LogP contribution is -2.39. The molecule has 0 saturated carbocycles. The molecule has 194 valence electrons. The summed E-state index contributed by atoms with van der Waals surface area (Å²) in [6.07, 6.45) is 2.46. The quantitative estimate of drug-likeness (QED) is 0.298. The summed E-state index contributed by atoms with van der Waals surface area (Å²) in [4.78, 5) is 24.4. The number of hydrogen-bond donors (Lipinski definition) is 2. The number of carbonyl (C=O) groups excluding carboxylic acids is 2. The zero-order chi connectivity index (χ0) is 27.0. The van der Waals surface area contributed by atoms with Crippen molar-refractivity contribution in [2.75, 3.05) is 29.0 Å². The second kappa shape index (κ2) is 12.4. The molecule has 0 spiro atoms. The molecule has 0 aliphatic carbocycles. The molecule has 9 nitrogen and oxygen atoms in total. The largest absolute Gasteiger partial charge is 0.484 e. The molecule has 0 radical (unpaired) electrons. The molecular formula is C26H27ClN4O5S. The number of carbonyl (C=O) groups is 2. The summed E-state index contributed by atoms with van der Waals surface area (Å²) in [7, 11) is -3.68. The van der Waals surface area contributed by atoms with Crippen LogP contribution < -0.4 is 19.8 Å². The number of hydrogen-bond acceptors (Lipinski definition) is 6. The lowest BCUT2D eigenvalue weighted by atomic mass is 10.1. The molecule has 0 aliphatic heterocycles. The minimum atomic E-state index is -3.68. The Morgan fingerprint density at radius 3 is 2.38 bits per heavy atom. The van der Waals surface area contributed by atoms with Gasteiger partial charge in [0.05, 0.1) is 18.2 Å². The van der Waals surface area contributed by atoms with Crippen LogP contribution >= 0.6 is 11.6 Å². The molecule has 2 amide bonds. The first-order valence-electron chi connectivity index (χ1n) is 11.2. The zero-order valence-electron chi connectivity index (χ0n) is 20.6. The summed E-state index contributed by atoms with van der Waals surface area (Å²) < 4.78 is 31.0. The van der Waals surface area contributed by atoms with Gasteiger partial charge in [-0.2, -0.15) is 5.10 Å². The summed E-state index contributed by atoms with van der Waals surface area (Å²) in [5.74, 6) is -0.454. The number of amides is 2. The van der Waals surface area contributed by atoms with Gasteiger partial charge in [-0.15, -0.1) is 0 Å². The molecule has 0 heterocycles. The van der Waals surface area contributed by atoms with Crippen molar-refractivity contribution in [3.05, 3.63) is 88.4 Å². The first-order chi connectivity index (χ1) is 17.5. The van der Waals surface area contributed by atoms with E-state index in [1.807, 2.05) is 13.8 Å². The van der Waals surface area contributed by atoms with E-state index in [0.717, 1.165) is 21.7 Å². The third-order valence-corrected chi connectivity index (χ3v) is 6.60. The Hall–Kier alpha value is -3.89. The summed E-state index contributed by atoms with van der Waals surface area (Å²) in [6, 6.07) is 18.7. The van der Waals surface area contributed by atoms with Gasteiger partial charge in [-0.1, -0.05) is 23.7 Å². The number of nitrogens with zero attached hydrogens (tertiary/aromatic N) is 2. The lowest BCUT2D eigenvalue weighted by molar-refractivity contribution is -0.119. The van der Waals surface area contributed by atoms with Gasteiger partial charge in [-0.05, 0) is 85.1 Å². The minimum absolute atomic E-state index is 0.187. The van der Waals surface area contributed by atoms with Crippen LogP contribution in [-0.2, 0) is 19.6 Å². The van der Waals surface area contributed by atoms with Gasteiger partial charge in [-0.25, -0.2) is 13.8 Å². The molecule has 11 heteroatoms. The molecule has 0 atom stereocenters. The van der Waals surface area contributed by atoms with Crippen LogP contribution in [0.25, 0.3) is 0 Å². The predicted octanol–water partition coefficient (Wildman–Crippen LogP) is 3.89. The molecule has 0 aliphatic rings. The smallest absolute Gasteiger partial charge is 0.262 e. The first kappa shape index (κ1) is 27.7. The van der Waals surface area contributed by atoms with Crippen LogP contribution in [0.15, 0.2) is 71.8 Å². The molecular weight excluding hydrogens is 516 g/mol. The summed E-state index contributed by atoms with van der Waals surface area (Å²) in [5, 5.41) is 7.10. The van der Waals surface area contributed by atoms with Gasteiger partial charge in [0.25, 0.3) is 11.8 Å². The van der Waals surface area contributed by atoms with Gasteiger partial charge in [-0.3, -0.25) is 13.9 Å². The number of halogens is 1. The van der Waals surface area contributed by atoms with Crippen LogP contribution in [0.1, 0.15) is 16.7 Å². The number of hydrazone groups is 1. The van der Waals surface area contributed by atoms with Crippen molar-refractivity contribution in [1.82, 2.24) is 5.43 Å². The molecule has 3 aromatic carbocycles. The number of benzene rings is 3. The van der Waals surface area contributed by atoms with E-state index in [0.29, 0.717) is 27.7 Å². The van der Waals surface area contributed by atoms with Gasteiger partial charge in [0, 0.05) is 10.7 Å². The highest BCUT2D eigenvalue weighted by molar-refractivity contribution is 7.92. The van der Waals surface area contributed by atoms with Crippen LogP contribution in [0, 0.1) is 13.8 Å². The average molecular weight is 543 g/mol. The SMILES string of the molecule is Cc1ccc(N(CC(=O)N/N=C\c2ccc(OCC(=O)Nc3cccc(Cl)c3)cc2)S(C)(=O)=O)cc1C. The van der Waals surface area contributed by atoms with Crippen LogP contribution in [0.5, 0.6) is 5.75 Å². The fraction of sp³-hybridized carbons (Fsp3) is 0.192. The van der Waals surface area contributed by atoms with Crippen molar-refractivity contribution in [3.63, 3.8) is 0 Å². The molecule has 0 aromatic heterocycles. The van der Waals surface area contributed by atoms with E-state index >= 15 is 0 Å². The summed E-state index contributed by atoms with van der Waals surface area (Å²) in [6.45, 7) is 3.19. The molecule has 0 unspecified atom stereocenters. The van der Waals surface area contributed by atoms with Gasteiger partial charge < -0.3 is 10.1 Å². The van der Waals surface area contributed by atoms with E-state index in [1.54, 1.807) is 66.7 Å². The highest BCUT2D eigenvalue weighted by Crippen LogP contribution is 2.21. The Balaban J connectivity index is 1.51. The molecule has 3 rings (SSSR count). The molecule has 37 heavy (non-hydrogen) atoms. The number of ether oxygens (including phenoxy) is 1. The standard InChI is InChI=1S/C26H27ClN4O5S/c1-18-7-10-23(13-19(18)2)31(37(3,34)35)16-25(32)30-28-15-20-8-11-24(12-9-20)36-17-26(33)29-22-6-4-5-21(27)14-22/h4-15H,16-17H2,1-3H3,(H,29,33)(H,30,32)/b28-15-. The topological polar surface area (TPSA) is 117 Å². The van der Waals surface area contributed by atoms with E-state index in [4.69, 9.17) is 16.3 Å². The van der Waals surface area contributed by atoms with Crippen LogP contribution in [-0.4, -0.2) is 45.9 Å². The van der Waals surface area contributed by atoms with Crippen molar-refractivity contribution in [3.8, 4) is 5.75 Å². The van der Waals surface area contributed by atoms with Crippen LogP contribution in [0.3, 0.4) is 0 Å². The first-order valence-corrected chi connectivity index (χ1v) is 13.4. The highest BCUT2D eigenvalue weighted by atomic mass is 35.5. The maximum absolute atomic E-state index is 12.4. The Morgan fingerprint density at radius 2 is 1.73 bits per heavy atom. The molecule has 3 aromatic rings. The second-order valence-corrected chi connectivity index (χ2v) is 10.6. The maximum atomic E-state index is 12.4. The lowest BCUT2D eigenvalue weighted by Gasteiger charge is -2.22. The second-order valence-electron chi connectivity index (χ2n) is 8.25. The summed E-state index contributed by atoms with van der Waals surface area (Å²) in [5.41, 5.74) is 5.91. The van der Waals surface area contributed by atoms with Gasteiger partial charge in [0.15, 0.2) is 6.61 Å². The minimum Gasteiger partial charge on any atom is -0.484 e. The highest BCUT2D eigenvalue weighted by Gasteiger charge is 2.21. The Morgan fingerprint density at radius 1 is 1.00 bits per heavy atom. The monoisotopic (exact) mass is 542 g/mol. The van der Waals surface area contributed by atoms with E-state index < -0.39 is 22.5 Å². The fourth-order valence-corrected chi connectivity index (χ4v) is 4.23. The fourth-order valence-electron chi connectivity index (χ4n) is 3.19.